The van der Waals surface area contributed by atoms with Crippen LogP contribution in [0.4, 0.5) is 0 Å². The molecule has 0 bridgehead atoms. The number of carboxylic acid groups (broad SMARTS) is 1. The average Bonchev–Trinajstić information content (AvgIpc) is 2.46. The van der Waals surface area contributed by atoms with Crippen LogP contribution in [0.5, 0.6) is 0 Å². The molecule has 0 aliphatic heterocycles. The molecule has 0 fully saturated rings. The van der Waals surface area contributed by atoms with Gasteiger partial charge in [-0.25, -0.2) is 17.9 Å². The molecule has 0 aromatic heterocycles. The van der Waals surface area contributed by atoms with Crippen molar-refractivity contribution in [1.82, 2.24) is 10.0 Å². The summed E-state index contributed by atoms with van der Waals surface area (Å²) in [7, 11) is -2.28. The Morgan fingerprint density at radius 2 is 1.73 bits per heavy atom. The van der Waals surface area contributed by atoms with Crippen LogP contribution in [0.25, 0.3) is 0 Å². The number of benzene rings is 1. The summed E-state index contributed by atoms with van der Waals surface area (Å²) in [5, 5.41) is 11.5. The van der Waals surface area contributed by atoms with E-state index in [-0.39, 0.29) is 16.4 Å². The molecule has 1 atom stereocenters. The van der Waals surface area contributed by atoms with Crippen molar-refractivity contribution in [2.75, 3.05) is 7.05 Å². The molecular formula is C14H20N2O5S. The average molecular weight is 328 g/mol. The number of amides is 1. The highest BCUT2D eigenvalue weighted by atomic mass is 32.2. The number of nitrogens with one attached hydrogen (secondary N) is 2. The standard InChI is InChI=1S/C14H20N2O5S/c1-9(2)8-12(14(18)19)16-13(17)10-4-6-11(7-5-10)22(20,21)15-3/h4-7,9,12,15H,8H2,1-3H3,(H,16,17)(H,18,19). The molecule has 0 aliphatic carbocycles. The van der Waals surface area contributed by atoms with Crippen LogP contribution in [0.1, 0.15) is 30.6 Å². The molecule has 1 aromatic carbocycles. The molecule has 1 unspecified atom stereocenters. The van der Waals surface area contributed by atoms with Crippen molar-refractivity contribution < 1.29 is 23.1 Å². The molecule has 8 heteroatoms. The van der Waals surface area contributed by atoms with Gasteiger partial charge in [-0.3, -0.25) is 4.79 Å². The third-order valence-corrected chi connectivity index (χ3v) is 4.44. The largest absolute Gasteiger partial charge is 0.480 e. The summed E-state index contributed by atoms with van der Waals surface area (Å²) in [6.07, 6.45) is 0.313. The van der Waals surface area contributed by atoms with Crippen LogP contribution in [0, 0.1) is 5.92 Å². The Hall–Kier alpha value is -1.93. The van der Waals surface area contributed by atoms with Crippen molar-refractivity contribution >= 4 is 21.9 Å². The highest BCUT2D eigenvalue weighted by molar-refractivity contribution is 7.89. The zero-order valence-corrected chi connectivity index (χ0v) is 13.5. The number of hydrogen-bond donors (Lipinski definition) is 3. The van der Waals surface area contributed by atoms with Crippen LogP contribution in [-0.4, -0.2) is 38.5 Å². The fraction of sp³-hybridized carbons (Fsp3) is 0.429. The van der Waals surface area contributed by atoms with E-state index in [0.29, 0.717) is 6.42 Å². The van der Waals surface area contributed by atoms with Gasteiger partial charge in [0.05, 0.1) is 4.90 Å². The number of hydrogen-bond acceptors (Lipinski definition) is 4. The van der Waals surface area contributed by atoms with Crippen LogP contribution in [0.15, 0.2) is 29.2 Å². The summed E-state index contributed by atoms with van der Waals surface area (Å²) < 4.78 is 25.3. The molecule has 0 aliphatic rings. The monoisotopic (exact) mass is 328 g/mol. The number of rotatable bonds is 7. The molecule has 1 aromatic rings. The summed E-state index contributed by atoms with van der Waals surface area (Å²) in [5.41, 5.74) is 0.199. The van der Waals surface area contributed by atoms with E-state index < -0.39 is 27.9 Å². The minimum Gasteiger partial charge on any atom is -0.480 e. The Morgan fingerprint density at radius 3 is 2.14 bits per heavy atom. The van der Waals surface area contributed by atoms with Crippen molar-refractivity contribution in [2.24, 2.45) is 5.92 Å². The molecule has 7 nitrogen and oxygen atoms in total. The molecule has 122 valence electrons. The van der Waals surface area contributed by atoms with E-state index in [1.807, 2.05) is 13.8 Å². The van der Waals surface area contributed by atoms with Crippen LogP contribution >= 0.6 is 0 Å². The van der Waals surface area contributed by atoms with Gasteiger partial charge in [0.25, 0.3) is 5.91 Å². The normalized spacial score (nSPS) is 12.9. The van der Waals surface area contributed by atoms with E-state index in [1.165, 1.54) is 31.3 Å². The lowest BCUT2D eigenvalue weighted by Crippen LogP contribution is -2.41. The summed E-state index contributed by atoms with van der Waals surface area (Å²) in [5.74, 6) is -1.54. The van der Waals surface area contributed by atoms with E-state index in [2.05, 4.69) is 10.0 Å². The Bertz CT molecular complexity index is 638. The number of carboxylic acids is 1. The molecule has 0 spiro atoms. The second-order valence-electron chi connectivity index (χ2n) is 5.23. The van der Waals surface area contributed by atoms with Crippen LogP contribution in [0.2, 0.25) is 0 Å². The number of carbonyl (C=O) groups excluding carboxylic acids is 1. The molecule has 22 heavy (non-hydrogen) atoms. The molecule has 1 rings (SSSR count). The van der Waals surface area contributed by atoms with Crippen molar-refractivity contribution in [3.63, 3.8) is 0 Å². The summed E-state index contributed by atoms with van der Waals surface area (Å²) in [4.78, 5) is 23.2. The van der Waals surface area contributed by atoms with E-state index in [0.717, 1.165) is 0 Å². The molecule has 0 radical (unpaired) electrons. The molecule has 1 amide bonds. The molecular weight excluding hydrogens is 308 g/mol. The van der Waals surface area contributed by atoms with Gasteiger partial charge in [0.2, 0.25) is 10.0 Å². The molecule has 0 heterocycles. The van der Waals surface area contributed by atoms with E-state index >= 15 is 0 Å². The van der Waals surface area contributed by atoms with Gasteiger partial charge in [0.15, 0.2) is 0 Å². The SMILES string of the molecule is CNS(=O)(=O)c1ccc(C(=O)NC(CC(C)C)C(=O)O)cc1. The van der Waals surface area contributed by atoms with Gasteiger partial charge in [-0.05, 0) is 43.7 Å². The maximum Gasteiger partial charge on any atom is 0.326 e. The number of carbonyl (C=O) groups is 2. The third-order valence-electron chi connectivity index (χ3n) is 3.01. The van der Waals surface area contributed by atoms with Crippen molar-refractivity contribution in [2.45, 2.75) is 31.2 Å². The third kappa shape index (κ3) is 4.81. The fourth-order valence-corrected chi connectivity index (χ4v) is 2.57. The Kier molecular flexibility index (Phi) is 6.07. The van der Waals surface area contributed by atoms with Gasteiger partial charge in [0.1, 0.15) is 6.04 Å². The Morgan fingerprint density at radius 1 is 1.18 bits per heavy atom. The van der Waals surface area contributed by atoms with Gasteiger partial charge in [-0.15, -0.1) is 0 Å². The predicted octanol–water partition coefficient (Wildman–Crippen LogP) is 0.824. The summed E-state index contributed by atoms with van der Waals surface area (Å²) in [6, 6.07) is 4.29. The van der Waals surface area contributed by atoms with Crippen LogP contribution in [-0.2, 0) is 14.8 Å². The second-order valence-corrected chi connectivity index (χ2v) is 7.11. The van der Waals surface area contributed by atoms with Gasteiger partial charge < -0.3 is 10.4 Å². The first kappa shape index (κ1) is 18.1. The maximum atomic E-state index is 12.0. The number of aliphatic carboxylic acids is 1. The topological polar surface area (TPSA) is 113 Å². The fourth-order valence-electron chi connectivity index (χ4n) is 1.84. The van der Waals surface area contributed by atoms with Crippen molar-refractivity contribution in [3.8, 4) is 0 Å². The van der Waals surface area contributed by atoms with Crippen LogP contribution < -0.4 is 10.0 Å². The first-order valence-electron chi connectivity index (χ1n) is 6.74. The van der Waals surface area contributed by atoms with Gasteiger partial charge >= 0.3 is 5.97 Å². The van der Waals surface area contributed by atoms with Gasteiger partial charge in [-0.1, -0.05) is 13.8 Å². The molecule has 0 saturated carbocycles. The number of sulfonamides is 1. The van der Waals surface area contributed by atoms with Crippen molar-refractivity contribution in [1.29, 1.82) is 0 Å². The first-order chi connectivity index (χ1) is 10.2. The van der Waals surface area contributed by atoms with Crippen LogP contribution in [0.3, 0.4) is 0 Å². The minimum absolute atomic E-state index is 0.0310. The quantitative estimate of drug-likeness (QED) is 0.686. The van der Waals surface area contributed by atoms with E-state index in [4.69, 9.17) is 5.11 Å². The summed E-state index contributed by atoms with van der Waals surface area (Å²) >= 11 is 0. The Balaban J connectivity index is 2.88. The molecule has 0 saturated heterocycles. The maximum absolute atomic E-state index is 12.0. The zero-order chi connectivity index (χ0) is 16.9. The molecule has 3 N–H and O–H groups in total. The zero-order valence-electron chi connectivity index (χ0n) is 12.7. The minimum atomic E-state index is -3.57. The predicted molar refractivity (Wildman–Crippen MR) is 81.0 cm³/mol. The second kappa shape index (κ2) is 7.37. The van der Waals surface area contributed by atoms with E-state index in [9.17, 15) is 18.0 Å². The lowest BCUT2D eigenvalue weighted by atomic mass is 10.0. The lowest BCUT2D eigenvalue weighted by molar-refractivity contribution is -0.139. The van der Waals surface area contributed by atoms with E-state index in [1.54, 1.807) is 0 Å². The first-order valence-corrected chi connectivity index (χ1v) is 8.23. The van der Waals surface area contributed by atoms with Gasteiger partial charge in [0, 0.05) is 5.56 Å². The summed E-state index contributed by atoms with van der Waals surface area (Å²) in [6.45, 7) is 3.72. The Labute approximate surface area is 129 Å². The van der Waals surface area contributed by atoms with Crippen molar-refractivity contribution in [3.05, 3.63) is 29.8 Å². The van der Waals surface area contributed by atoms with Gasteiger partial charge in [-0.2, -0.15) is 0 Å². The highest BCUT2D eigenvalue weighted by Gasteiger charge is 2.22. The highest BCUT2D eigenvalue weighted by Crippen LogP contribution is 2.11. The lowest BCUT2D eigenvalue weighted by Gasteiger charge is -2.16. The smallest absolute Gasteiger partial charge is 0.326 e.